The number of phenolic OH excluding ortho intramolecular Hbond substituents is 1. The molecule has 25 heavy (non-hydrogen) atoms. The van der Waals surface area contributed by atoms with E-state index in [0.717, 1.165) is 33.6 Å². The molecule has 3 heterocycles. The Balaban J connectivity index is 1.83. The fourth-order valence-corrected chi connectivity index (χ4v) is 3.42. The number of nitrogens with one attached hydrogen (secondary N) is 1. The molecule has 0 saturated carbocycles. The molecule has 1 aliphatic heterocycles. The fourth-order valence-electron chi connectivity index (χ4n) is 3.42. The van der Waals surface area contributed by atoms with Crippen molar-refractivity contribution in [1.82, 2.24) is 14.6 Å². The molecule has 0 spiro atoms. The quantitative estimate of drug-likeness (QED) is 0.557. The Morgan fingerprint density at radius 2 is 2.00 bits per heavy atom. The van der Waals surface area contributed by atoms with Gasteiger partial charge in [-0.05, 0) is 29.8 Å². The minimum Gasteiger partial charge on any atom is -0.505 e. The fraction of sp³-hybridized carbons (Fsp3) is 0.0526. The standard InChI is InChI=1S/C19H13FN4O/c20-14-9-11(5-6-16(14)25)17-13-7-8-24-19(13)18(21-10-22-24)12-3-1-2-4-15(12)23-17/h1-10,17,23,25H. The molecular weight excluding hydrogens is 319 g/mol. The maximum atomic E-state index is 13.9. The first-order valence-electron chi connectivity index (χ1n) is 7.89. The summed E-state index contributed by atoms with van der Waals surface area (Å²) in [5, 5.41) is 17.3. The summed E-state index contributed by atoms with van der Waals surface area (Å²) in [6.45, 7) is 0. The lowest BCUT2D eigenvalue weighted by molar-refractivity contribution is 0.431. The van der Waals surface area contributed by atoms with Gasteiger partial charge in [0, 0.05) is 23.0 Å². The van der Waals surface area contributed by atoms with Gasteiger partial charge in [-0.15, -0.1) is 0 Å². The third-order valence-corrected chi connectivity index (χ3v) is 4.58. The molecule has 1 unspecified atom stereocenters. The second-order valence-electron chi connectivity index (χ2n) is 6.01. The maximum Gasteiger partial charge on any atom is 0.165 e. The van der Waals surface area contributed by atoms with Crippen LogP contribution in [0.5, 0.6) is 5.75 Å². The molecule has 0 bridgehead atoms. The van der Waals surface area contributed by atoms with Gasteiger partial charge in [0.1, 0.15) is 12.0 Å². The summed E-state index contributed by atoms with van der Waals surface area (Å²) in [6.07, 6.45) is 3.40. The van der Waals surface area contributed by atoms with Crippen LogP contribution in [0.15, 0.2) is 61.1 Å². The van der Waals surface area contributed by atoms with Gasteiger partial charge in [0.25, 0.3) is 0 Å². The Morgan fingerprint density at radius 1 is 1.12 bits per heavy atom. The Morgan fingerprint density at radius 3 is 2.88 bits per heavy atom. The van der Waals surface area contributed by atoms with Crippen molar-refractivity contribution in [3.8, 4) is 17.0 Å². The van der Waals surface area contributed by atoms with Crippen LogP contribution in [-0.2, 0) is 0 Å². The maximum absolute atomic E-state index is 13.9. The molecule has 0 fully saturated rings. The molecule has 0 amide bonds. The topological polar surface area (TPSA) is 62.5 Å². The zero-order chi connectivity index (χ0) is 17.0. The van der Waals surface area contributed by atoms with Crippen LogP contribution in [0.2, 0.25) is 0 Å². The zero-order valence-corrected chi connectivity index (χ0v) is 13.0. The van der Waals surface area contributed by atoms with Crippen molar-refractivity contribution in [3.05, 3.63) is 78.0 Å². The Bertz CT molecular complexity index is 1120. The number of para-hydroxylation sites is 1. The van der Waals surface area contributed by atoms with Gasteiger partial charge in [-0.1, -0.05) is 24.3 Å². The lowest BCUT2D eigenvalue weighted by atomic mass is 9.99. The first-order chi connectivity index (χ1) is 12.2. The predicted octanol–water partition coefficient (Wildman–Crippen LogP) is 3.76. The van der Waals surface area contributed by atoms with Crippen LogP contribution >= 0.6 is 0 Å². The van der Waals surface area contributed by atoms with E-state index in [1.54, 1.807) is 10.6 Å². The number of anilines is 1. The molecule has 2 aromatic carbocycles. The Hall–Kier alpha value is -3.41. The van der Waals surface area contributed by atoms with Crippen molar-refractivity contribution < 1.29 is 9.50 Å². The van der Waals surface area contributed by atoms with E-state index < -0.39 is 5.82 Å². The van der Waals surface area contributed by atoms with Crippen LogP contribution in [0.4, 0.5) is 10.1 Å². The first-order valence-corrected chi connectivity index (χ1v) is 7.89. The highest BCUT2D eigenvalue weighted by molar-refractivity contribution is 5.89. The average molecular weight is 332 g/mol. The number of hydrogen-bond acceptors (Lipinski definition) is 4. The van der Waals surface area contributed by atoms with Crippen molar-refractivity contribution in [2.24, 2.45) is 0 Å². The molecule has 122 valence electrons. The zero-order valence-electron chi connectivity index (χ0n) is 13.0. The van der Waals surface area contributed by atoms with Gasteiger partial charge in [-0.2, -0.15) is 5.10 Å². The largest absolute Gasteiger partial charge is 0.505 e. The monoisotopic (exact) mass is 332 g/mol. The van der Waals surface area contributed by atoms with Crippen LogP contribution in [-0.4, -0.2) is 19.7 Å². The van der Waals surface area contributed by atoms with Crippen molar-refractivity contribution in [3.63, 3.8) is 0 Å². The molecule has 2 N–H and O–H groups in total. The lowest BCUT2D eigenvalue weighted by Gasteiger charge is -2.19. The molecule has 5 nitrogen and oxygen atoms in total. The number of fused-ring (bicyclic) bond motifs is 2. The summed E-state index contributed by atoms with van der Waals surface area (Å²) in [5.74, 6) is -1.000. The van der Waals surface area contributed by atoms with Crippen molar-refractivity contribution >= 4 is 11.2 Å². The van der Waals surface area contributed by atoms with E-state index in [1.807, 2.05) is 36.5 Å². The number of hydrogen-bond donors (Lipinski definition) is 2. The molecule has 1 atom stereocenters. The number of benzene rings is 2. The van der Waals surface area contributed by atoms with Gasteiger partial charge in [-0.25, -0.2) is 13.9 Å². The van der Waals surface area contributed by atoms with Crippen LogP contribution in [0.1, 0.15) is 17.2 Å². The minimum atomic E-state index is -0.642. The predicted molar refractivity (Wildman–Crippen MR) is 92.0 cm³/mol. The number of nitrogens with zero attached hydrogens (tertiary/aromatic N) is 3. The van der Waals surface area contributed by atoms with Crippen molar-refractivity contribution in [2.45, 2.75) is 6.04 Å². The van der Waals surface area contributed by atoms with Gasteiger partial charge in [0.2, 0.25) is 0 Å². The molecule has 2 aromatic heterocycles. The van der Waals surface area contributed by atoms with Crippen LogP contribution in [0, 0.1) is 5.82 Å². The summed E-state index contributed by atoms with van der Waals surface area (Å²) in [4.78, 5) is 4.48. The second kappa shape index (κ2) is 5.04. The minimum absolute atomic E-state index is 0.284. The number of rotatable bonds is 1. The van der Waals surface area contributed by atoms with Gasteiger partial charge in [0.05, 0.1) is 11.6 Å². The molecule has 0 radical (unpaired) electrons. The van der Waals surface area contributed by atoms with Crippen LogP contribution in [0.3, 0.4) is 0 Å². The first kappa shape index (κ1) is 14.0. The smallest absolute Gasteiger partial charge is 0.165 e. The number of aromatic nitrogens is 3. The number of phenols is 1. The average Bonchev–Trinajstić information content (AvgIpc) is 3.00. The second-order valence-corrected chi connectivity index (χ2v) is 6.01. The highest BCUT2D eigenvalue weighted by Gasteiger charge is 2.26. The molecule has 0 saturated heterocycles. The van der Waals surface area contributed by atoms with Gasteiger partial charge >= 0.3 is 0 Å². The summed E-state index contributed by atoms with van der Waals surface area (Å²) in [5.41, 5.74) is 5.28. The van der Waals surface area contributed by atoms with Crippen molar-refractivity contribution in [2.75, 3.05) is 5.32 Å². The van der Waals surface area contributed by atoms with E-state index in [1.165, 1.54) is 18.5 Å². The normalized spacial score (nSPS) is 15.5. The van der Waals surface area contributed by atoms with E-state index in [0.29, 0.717) is 0 Å². The van der Waals surface area contributed by atoms with Crippen LogP contribution in [0.25, 0.3) is 16.8 Å². The highest BCUT2D eigenvalue weighted by atomic mass is 19.1. The summed E-state index contributed by atoms with van der Waals surface area (Å²) in [7, 11) is 0. The van der Waals surface area contributed by atoms with Crippen LogP contribution < -0.4 is 5.32 Å². The van der Waals surface area contributed by atoms with E-state index in [2.05, 4.69) is 15.4 Å². The van der Waals surface area contributed by atoms with Gasteiger partial charge in [-0.3, -0.25) is 0 Å². The lowest BCUT2D eigenvalue weighted by Crippen LogP contribution is -2.11. The molecule has 6 heteroatoms. The summed E-state index contributed by atoms with van der Waals surface area (Å²) in [6, 6.07) is 14.0. The Kier molecular flexibility index (Phi) is 2.82. The molecule has 1 aliphatic rings. The SMILES string of the molecule is Oc1ccc(C2Nc3ccccc3-c3ncnn4ccc2c34)cc1F. The highest BCUT2D eigenvalue weighted by Crippen LogP contribution is 2.41. The van der Waals surface area contributed by atoms with Gasteiger partial charge < -0.3 is 10.4 Å². The number of halogens is 1. The summed E-state index contributed by atoms with van der Waals surface area (Å²) >= 11 is 0. The van der Waals surface area contributed by atoms with Crippen molar-refractivity contribution in [1.29, 1.82) is 0 Å². The summed E-state index contributed by atoms with van der Waals surface area (Å²) < 4.78 is 15.7. The Labute approximate surface area is 142 Å². The van der Waals surface area contributed by atoms with E-state index in [9.17, 15) is 9.50 Å². The van der Waals surface area contributed by atoms with E-state index in [4.69, 9.17) is 0 Å². The van der Waals surface area contributed by atoms with E-state index >= 15 is 0 Å². The third-order valence-electron chi connectivity index (χ3n) is 4.58. The third kappa shape index (κ3) is 2.00. The number of aromatic hydroxyl groups is 1. The van der Waals surface area contributed by atoms with E-state index in [-0.39, 0.29) is 11.8 Å². The van der Waals surface area contributed by atoms with Gasteiger partial charge in [0.15, 0.2) is 11.6 Å². The molecular formula is C19H13FN4O. The molecule has 4 aromatic rings. The molecule has 0 aliphatic carbocycles. The molecule has 5 rings (SSSR count).